The highest BCUT2D eigenvalue weighted by atomic mass is 35.5. The van der Waals surface area contributed by atoms with Crippen molar-refractivity contribution in [3.8, 4) is 0 Å². The van der Waals surface area contributed by atoms with Crippen LogP contribution in [-0.2, 0) is 13.6 Å². The Kier molecular flexibility index (Phi) is 5.59. The van der Waals surface area contributed by atoms with Crippen molar-refractivity contribution in [2.24, 2.45) is 7.05 Å². The van der Waals surface area contributed by atoms with Crippen LogP contribution in [0, 0.1) is 0 Å². The fourth-order valence-corrected chi connectivity index (χ4v) is 2.30. The molecule has 0 fully saturated rings. The first-order valence-electron chi connectivity index (χ1n) is 6.44. The summed E-state index contributed by atoms with van der Waals surface area (Å²) in [6.07, 6.45) is 0.636. The van der Waals surface area contributed by atoms with Crippen molar-refractivity contribution in [3.05, 3.63) is 46.0 Å². The first-order chi connectivity index (χ1) is 10.4. The van der Waals surface area contributed by atoms with Gasteiger partial charge in [-0.05, 0) is 23.8 Å². The normalized spacial score (nSPS) is 12.0. The number of hydrogen-bond donors (Lipinski definition) is 3. The van der Waals surface area contributed by atoms with Crippen molar-refractivity contribution < 1.29 is 9.90 Å². The van der Waals surface area contributed by atoms with Gasteiger partial charge in [0.15, 0.2) is 5.82 Å². The van der Waals surface area contributed by atoms with Gasteiger partial charge < -0.3 is 15.7 Å². The number of carbonyl (C=O) groups excluding carboxylic acids is 1. The Morgan fingerprint density at radius 1 is 1.32 bits per heavy atom. The zero-order valence-electron chi connectivity index (χ0n) is 11.8. The van der Waals surface area contributed by atoms with Crippen LogP contribution in [0.2, 0.25) is 10.0 Å². The Labute approximate surface area is 137 Å². The number of aryl methyl sites for hydroxylation is 1. The van der Waals surface area contributed by atoms with Crippen LogP contribution in [0.5, 0.6) is 0 Å². The molecule has 0 aliphatic heterocycles. The van der Waals surface area contributed by atoms with E-state index in [1.54, 1.807) is 36.3 Å². The molecular weight excluding hydrogens is 329 g/mol. The van der Waals surface area contributed by atoms with Crippen LogP contribution in [0.4, 0.5) is 4.79 Å². The molecule has 0 aliphatic rings. The highest BCUT2D eigenvalue weighted by molar-refractivity contribution is 6.34. The molecule has 1 aromatic carbocycles. The van der Waals surface area contributed by atoms with Crippen molar-refractivity contribution in [1.29, 1.82) is 0 Å². The quantitative estimate of drug-likeness (QED) is 0.769. The Hall–Kier alpha value is -1.83. The highest BCUT2D eigenvalue weighted by Gasteiger charge is 2.11. The number of aliphatic hydroxyl groups excluding tert-OH is 1. The summed E-state index contributed by atoms with van der Waals surface area (Å²) in [5.41, 5.74) is 0.532. The lowest BCUT2D eigenvalue weighted by Gasteiger charge is -2.13. The van der Waals surface area contributed by atoms with Gasteiger partial charge in [0, 0.05) is 23.6 Å². The van der Waals surface area contributed by atoms with Crippen LogP contribution < -0.4 is 10.6 Å². The number of nitrogens with one attached hydrogen (secondary N) is 2. The Morgan fingerprint density at radius 3 is 2.59 bits per heavy atom. The van der Waals surface area contributed by atoms with Crippen molar-refractivity contribution >= 4 is 29.2 Å². The van der Waals surface area contributed by atoms with Crippen molar-refractivity contribution in [3.63, 3.8) is 0 Å². The summed E-state index contributed by atoms with van der Waals surface area (Å²) in [6, 6.07) is 4.32. The fraction of sp³-hybridized carbons (Fsp3) is 0.308. The number of benzene rings is 1. The lowest BCUT2D eigenvalue weighted by atomic mass is 10.1. The molecule has 2 rings (SSSR count). The maximum absolute atomic E-state index is 11.6. The third-order valence-electron chi connectivity index (χ3n) is 2.78. The number of halogens is 2. The molecule has 1 atom stereocenters. The van der Waals surface area contributed by atoms with E-state index in [9.17, 15) is 9.90 Å². The second-order valence-corrected chi connectivity index (χ2v) is 5.49. The smallest absolute Gasteiger partial charge is 0.315 e. The molecule has 7 nitrogen and oxygen atoms in total. The minimum absolute atomic E-state index is 0.0259. The molecule has 0 aliphatic carbocycles. The lowest BCUT2D eigenvalue weighted by Crippen LogP contribution is -2.37. The molecular formula is C13H15Cl2N5O2. The summed E-state index contributed by atoms with van der Waals surface area (Å²) < 4.78 is 1.54. The molecule has 0 spiro atoms. The summed E-state index contributed by atoms with van der Waals surface area (Å²) in [5, 5.41) is 20.0. The van der Waals surface area contributed by atoms with Gasteiger partial charge in [-0.2, -0.15) is 5.10 Å². The minimum atomic E-state index is -0.907. The van der Waals surface area contributed by atoms with Gasteiger partial charge in [0.1, 0.15) is 6.33 Å². The van der Waals surface area contributed by atoms with Crippen LogP contribution in [0.25, 0.3) is 0 Å². The Bertz CT molecular complexity index is 641. The van der Waals surface area contributed by atoms with Crippen LogP contribution in [0.1, 0.15) is 17.5 Å². The maximum Gasteiger partial charge on any atom is 0.315 e. The number of amides is 2. The van der Waals surface area contributed by atoms with Gasteiger partial charge in [-0.25, -0.2) is 9.78 Å². The second kappa shape index (κ2) is 7.44. The third-order valence-corrected chi connectivity index (χ3v) is 3.22. The Morgan fingerprint density at radius 2 is 2.00 bits per heavy atom. The predicted octanol–water partition coefficient (Wildman–Crippen LogP) is 1.65. The number of hydrogen-bond acceptors (Lipinski definition) is 4. The molecule has 0 bridgehead atoms. The summed E-state index contributed by atoms with van der Waals surface area (Å²) in [6.45, 7) is 0.226. The average molecular weight is 344 g/mol. The number of aromatic nitrogens is 3. The average Bonchev–Trinajstić information content (AvgIpc) is 2.87. The van der Waals surface area contributed by atoms with E-state index in [1.807, 2.05) is 0 Å². The minimum Gasteiger partial charge on any atom is -0.387 e. The van der Waals surface area contributed by atoms with Gasteiger partial charge in [-0.15, -0.1) is 0 Å². The standard InChI is InChI=1S/C13H15Cl2N5O2/c1-20-7-18-12(19-20)6-17-13(22)16-5-11(21)8-2-9(14)4-10(15)3-8/h2-4,7,11,21H,5-6H2,1H3,(H2,16,17,22). The van der Waals surface area contributed by atoms with Crippen molar-refractivity contribution in [2.75, 3.05) is 6.54 Å². The first kappa shape index (κ1) is 16.5. The van der Waals surface area contributed by atoms with Gasteiger partial charge in [-0.1, -0.05) is 23.2 Å². The lowest BCUT2D eigenvalue weighted by molar-refractivity contribution is 0.173. The van der Waals surface area contributed by atoms with E-state index in [0.29, 0.717) is 21.4 Å². The summed E-state index contributed by atoms with van der Waals surface area (Å²) in [7, 11) is 1.74. The Balaban J connectivity index is 1.80. The van der Waals surface area contributed by atoms with E-state index < -0.39 is 12.1 Å². The number of rotatable bonds is 5. The third kappa shape index (κ3) is 4.87. The van der Waals surface area contributed by atoms with E-state index in [1.165, 1.54) is 0 Å². The molecule has 9 heteroatoms. The molecule has 2 amide bonds. The second-order valence-electron chi connectivity index (χ2n) is 4.62. The molecule has 0 radical (unpaired) electrons. The van der Waals surface area contributed by atoms with Gasteiger partial charge in [-0.3, -0.25) is 4.68 Å². The zero-order valence-corrected chi connectivity index (χ0v) is 13.3. The SMILES string of the molecule is Cn1cnc(CNC(=O)NCC(O)c2cc(Cl)cc(Cl)c2)n1. The van der Waals surface area contributed by atoms with Gasteiger partial charge >= 0.3 is 6.03 Å². The van der Waals surface area contributed by atoms with Gasteiger partial charge in [0.05, 0.1) is 12.6 Å². The maximum atomic E-state index is 11.6. The summed E-state index contributed by atoms with van der Waals surface area (Å²) in [5.74, 6) is 0.500. The van der Waals surface area contributed by atoms with E-state index >= 15 is 0 Å². The van der Waals surface area contributed by atoms with Gasteiger partial charge in [0.2, 0.25) is 0 Å². The number of nitrogens with zero attached hydrogens (tertiary/aromatic N) is 3. The van der Waals surface area contributed by atoms with Crippen LogP contribution in [-0.4, -0.2) is 32.4 Å². The number of carbonyl (C=O) groups is 1. The van der Waals surface area contributed by atoms with Crippen molar-refractivity contribution in [1.82, 2.24) is 25.4 Å². The van der Waals surface area contributed by atoms with Crippen LogP contribution in [0.15, 0.2) is 24.5 Å². The van der Waals surface area contributed by atoms with E-state index in [2.05, 4.69) is 20.7 Å². The largest absolute Gasteiger partial charge is 0.387 e. The molecule has 1 unspecified atom stereocenters. The van der Waals surface area contributed by atoms with E-state index in [-0.39, 0.29) is 13.1 Å². The first-order valence-corrected chi connectivity index (χ1v) is 7.20. The molecule has 0 saturated heterocycles. The molecule has 22 heavy (non-hydrogen) atoms. The summed E-state index contributed by atoms with van der Waals surface area (Å²) >= 11 is 11.7. The van der Waals surface area contributed by atoms with Crippen LogP contribution in [0.3, 0.4) is 0 Å². The molecule has 118 valence electrons. The van der Waals surface area contributed by atoms with Gasteiger partial charge in [0.25, 0.3) is 0 Å². The molecule has 2 aromatic rings. The highest BCUT2D eigenvalue weighted by Crippen LogP contribution is 2.23. The topological polar surface area (TPSA) is 92.1 Å². The van der Waals surface area contributed by atoms with E-state index in [4.69, 9.17) is 23.2 Å². The number of urea groups is 1. The molecule has 1 heterocycles. The van der Waals surface area contributed by atoms with Crippen molar-refractivity contribution in [2.45, 2.75) is 12.6 Å². The molecule has 1 aromatic heterocycles. The zero-order chi connectivity index (χ0) is 16.1. The predicted molar refractivity (Wildman–Crippen MR) is 82.7 cm³/mol. The van der Waals surface area contributed by atoms with Crippen LogP contribution >= 0.6 is 23.2 Å². The summed E-state index contributed by atoms with van der Waals surface area (Å²) in [4.78, 5) is 15.6. The number of aliphatic hydroxyl groups is 1. The molecule has 0 saturated carbocycles. The molecule has 3 N–H and O–H groups in total. The van der Waals surface area contributed by atoms with E-state index in [0.717, 1.165) is 0 Å². The monoisotopic (exact) mass is 343 g/mol. The fourth-order valence-electron chi connectivity index (χ4n) is 1.76.